The second-order valence-corrected chi connectivity index (χ2v) is 3.07. The highest BCUT2D eigenvalue weighted by Crippen LogP contribution is 2.37. The SMILES string of the molecule is CNC(=N)NC(=O)Nc1cc(O)c(O)c(O)c1. The fourth-order valence-corrected chi connectivity index (χ4v) is 1.01. The molecule has 92 valence electrons. The molecule has 0 atom stereocenters. The molecule has 1 rings (SSSR count). The topological polar surface area (TPSA) is 138 Å². The summed E-state index contributed by atoms with van der Waals surface area (Å²) in [6.45, 7) is 0. The van der Waals surface area contributed by atoms with Gasteiger partial charge < -0.3 is 26.0 Å². The molecule has 0 unspecified atom stereocenters. The van der Waals surface area contributed by atoms with Gasteiger partial charge in [0.2, 0.25) is 0 Å². The van der Waals surface area contributed by atoms with Crippen LogP contribution in [0.4, 0.5) is 10.5 Å². The zero-order chi connectivity index (χ0) is 13.0. The van der Waals surface area contributed by atoms with Crippen molar-refractivity contribution in [2.45, 2.75) is 0 Å². The van der Waals surface area contributed by atoms with Crippen LogP contribution in [0.15, 0.2) is 12.1 Å². The van der Waals surface area contributed by atoms with Gasteiger partial charge in [-0.15, -0.1) is 0 Å². The summed E-state index contributed by atoms with van der Waals surface area (Å²) >= 11 is 0. The Balaban J connectivity index is 2.76. The predicted octanol–water partition coefficient (Wildman–Crippen LogP) is 0.0791. The van der Waals surface area contributed by atoms with E-state index in [0.717, 1.165) is 12.1 Å². The number of carbonyl (C=O) groups is 1. The van der Waals surface area contributed by atoms with Crippen molar-refractivity contribution >= 4 is 17.7 Å². The number of aromatic hydroxyl groups is 3. The van der Waals surface area contributed by atoms with Gasteiger partial charge in [0.1, 0.15) is 0 Å². The Morgan fingerprint density at radius 3 is 2.24 bits per heavy atom. The lowest BCUT2D eigenvalue weighted by molar-refractivity contribution is 0.256. The van der Waals surface area contributed by atoms with Crippen LogP contribution in [0.5, 0.6) is 17.2 Å². The third-order valence-electron chi connectivity index (χ3n) is 1.82. The number of anilines is 1. The van der Waals surface area contributed by atoms with E-state index in [2.05, 4.69) is 16.0 Å². The molecule has 0 fully saturated rings. The quantitative estimate of drug-likeness (QED) is 0.161. The highest BCUT2D eigenvalue weighted by atomic mass is 16.3. The van der Waals surface area contributed by atoms with Crippen molar-refractivity contribution in [3.05, 3.63) is 12.1 Å². The van der Waals surface area contributed by atoms with Gasteiger partial charge in [-0.25, -0.2) is 4.79 Å². The first kappa shape index (κ1) is 12.4. The van der Waals surface area contributed by atoms with Crippen molar-refractivity contribution in [1.82, 2.24) is 10.6 Å². The van der Waals surface area contributed by atoms with E-state index < -0.39 is 23.3 Å². The second-order valence-electron chi connectivity index (χ2n) is 3.07. The number of urea groups is 1. The van der Waals surface area contributed by atoms with E-state index in [9.17, 15) is 15.0 Å². The van der Waals surface area contributed by atoms with Crippen LogP contribution < -0.4 is 16.0 Å². The molecule has 17 heavy (non-hydrogen) atoms. The predicted molar refractivity (Wildman–Crippen MR) is 60.4 cm³/mol. The van der Waals surface area contributed by atoms with Gasteiger partial charge in [0, 0.05) is 19.2 Å². The fraction of sp³-hybridized carbons (Fsp3) is 0.111. The van der Waals surface area contributed by atoms with Crippen LogP contribution in [0.1, 0.15) is 0 Å². The third kappa shape index (κ3) is 3.16. The molecule has 0 spiro atoms. The van der Waals surface area contributed by atoms with Crippen molar-refractivity contribution in [3.63, 3.8) is 0 Å². The number of hydrogen-bond acceptors (Lipinski definition) is 5. The molecule has 0 aliphatic carbocycles. The van der Waals surface area contributed by atoms with E-state index in [-0.39, 0.29) is 11.6 Å². The van der Waals surface area contributed by atoms with Gasteiger partial charge in [-0.2, -0.15) is 0 Å². The minimum absolute atomic E-state index is 0.0687. The van der Waals surface area contributed by atoms with E-state index >= 15 is 0 Å². The molecule has 0 aliphatic rings. The van der Waals surface area contributed by atoms with Crippen LogP contribution in [0, 0.1) is 5.41 Å². The summed E-state index contributed by atoms with van der Waals surface area (Å²) in [5.74, 6) is -2.01. The summed E-state index contributed by atoms with van der Waals surface area (Å²) in [5.41, 5.74) is 0.0687. The highest BCUT2D eigenvalue weighted by molar-refractivity contribution is 6.01. The molecule has 0 aliphatic heterocycles. The number of nitrogens with one attached hydrogen (secondary N) is 4. The molecular weight excluding hydrogens is 228 g/mol. The molecule has 8 nitrogen and oxygen atoms in total. The molecule has 8 heteroatoms. The molecule has 7 N–H and O–H groups in total. The minimum Gasteiger partial charge on any atom is -0.504 e. The molecule has 0 bridgehead atoms. The summed E-state index contributed by atoms with van der Waals surface area (Å²) < 4.78 is 0. The lowest BCUT2D eigenvalue weighted by atomic mass is 10.2. The molecule has 0 radical (unpaired) electrons. The van der Waals surface area contributed by atoms with E-state index in [1.165, 1.54) is 7.05 Å². The summed E-state index contributed by atoms with van der Waals surface area (Å²) in [6.07, 6.45) is 0. The van der Waals surface area contributed by atoms with Gasteiger partial charge in [-0.05, 0) is 0 Å². The van der Waals surface area contributed by atoms with Gasteiger partial charge in [-0.1, -0.05) is 0 Å². The first-order valence-corrected chi connectivity index (χ1v) is 4.53. The van der Waals surface area contributed by atoms with Gasteiger partial charge in [0.15, 0.2) is 23.2 Å². The third-order valence-corrected chi connectivity index (χ3v) is 1.82. The van der Waals surface area contributed by atoms with Crippen molar-refractivity contribution < 1.29 is 20.1 Å². The van der Waals surface area contributed by atoms with Crippen LogP contribution in [-0.4, -0.2) is 34.4 Å². The average Bonchev–Trinajstić information content (AvgIpc) is 2.25. The Morgan fingerprint density at radius 1 is 1.24 bits per heavy atom. The Labute approximate surface area is 96.4 Å². The zero-order valence-electron chi connectivity index (χ0n) is 8.90. The number of benzene rings is 1. The fourth-order valence-electron chi connectivity index (χ4n) is 1.01. The lowest BCUT2D eigenvalue weighted by Crippen LogP contribution is -2.40. The zero-order valence-corrected chi connectivity index (χ0v) is 8.90. The number of hydrogen-bond donors (Lipinski definition) is 7. The van der Waals surface area contributed by atoms with Crippen molar-refractivity contribution in [1.29, 1.82) is 5.41 Å². The molecule has 1 aromatic rings. The maximum Gasteiger partial charge on any atom is 0.325 e. The molecule has 0 heterocycles. The van der Waals surface area contributed by atoms with E-state index in [1.54, 1.807) is 0 Å². The number of rotatable bonds is 1. The maximum absolute atomic E-state index is 11.3. The van der Waals surface area contributed by atoms with Gasteiger partial charge in [0.05, 0.1) is 5.69 Å². The number of amides is 2. The Bertz CT molecular complexity index is 437. The average molecular weight is 240 g/mol. The molecule has 0 saturated carbocycles. The molecular formula is C9H12N4O4. The number of guanidine groups is 1. The van der Waals surface area contributed by atoms with Crippen LogP contribution in [0.3, 0.4) is 0 Å². The molecule has 0 saturated heterocycles. The Morgan fingerprint density at radius 2 is 1.76 bits per heavy atom. The summed E-state index contributed by atoms with van der Waals surface area (Å²) in [5, 5.41) is 41.3. The summed E-state index contributed by atoms with van der Waals surface area (Å²) in [4.78, 5) is 11.3. The van der Waals surface area contributed by atoms with Gasteiger partial charge in [-0.3, -0.25) is 10.7 Å². The smallest absolute Gasteiger partial charge is 0.325 e. The Kier molecular flexibility index (Phi) is 3.60. The van der Waals surface area contributed by atoms with Crippen LogP contribution >= 0.6 is 0 Å². The largest absolute Gasteiger partial charge is 0.504 e. The van der Waals surface area contributed by atoms with Gasteiger partial charge in [0.25, 0.3) is 0 Å². The number of phenolic OH excluding ortho intramolecular Hbond substituents is 3. The molecule has 2 amide bonds. The normalized spacial score (nSPS) is 9.47. The summed E-state index contributed by atoms with van der Waals surface area (Å²) in [6, 6.07) is 1.38. The van der Waals surface area contributed by atoms with E-state index in [1.807, 2.05) is 0 Å². The lowest BCUT2D eigenvalue weighted by Gasteiger charge is -2.09. The van der Waals surface area contributed by atoms with Crippen LogP contribution in [-0.2, 0) is 0 Å². The molecule has 1 aromatic carbocycles. The van der Waals surface area contributed by atoms with E-state index in [0.29, 0.717) is 0 Å². The monoisotopic (exact) mass is 240 g/mol. The van der Waals surface area contributed by atoms with Crippen LogP contribution in [0.2, 0.25) is 0 Å². The summed E-state index contributed by atoms with van der Waals surface area (Å²) in [7, 11) is 1.46. The van der Waals surface area contributed by atoms with E-state index in [4.69, 9.17) is 10.5 Å². The molecule has 0 aromatic heterocycles. The number of carbonyl (C=O) groups excluding carboxylic acids is 1. The van der Waals surface area contributed by atoms with Gasteiger partial charge >= 0.3 is 6.03 Å². The first-order chi connectivity index (χ1) is 7.93. The van der Waals surface area contributed by atoms with Crippen molar-refractivity contribution in [2.75, 3.05) is 12.4 Å². The van der Waals surface area contributed by atoms with Crippen LogP contribution in [0.25, 0.3) is 0 Å². The first-order valence-electron chi connectivity index (χ1n) is 4.53. The highest BCUT2D eigenvalue weighted by Gasteiger charge is 2.10. The van der Waals surface area contributed by atoms with Crippen molar-refractivity contribution in [2.24, 2.45) is 0 Å². The standard InChI is InChI=1S/C9H12N4O4/c1-11-8(10)13-9(17)12-4-2-5(14)7(16)6(15)3-4/h2-3,14-16H,1H3,(H4,10,11,12,13,17). The minimum atomic E-state index is -0.728. The second kappa shape index (κ2) is 4.92. The van der Waals surface area contributed by atoms with Crippen molar-refractivity contribution in [3.8, 4) is 17.2 Å². The maximum atomic E-state index is 11.3. The number of phenols is 3. The Hall–Kier alpha value is -2.64.